The second-order valence-corrected chi connectivity index (χ2v) is 10.2. The van der Waals surface area contributed by atoms with Crippen LogP contribution in [0.3, 0.4) is 0 Å². The number of benzene rings is 2. The van der Waals surface area contributed by atoms with Crippen molar-refractivity contribution in [3.63, 3.8) is 0 Å². The molecule has 0 spiro atoms. The summed E-state index contributed by atoms with van der Waals surface area (Å²) in [6.45, 7) is 3.93. The van der Waals surface area contributed by atoms with Gasteiger partial charge in [0.15, 0.2) is 5.78 Å². The fraction of sp³-hybridized carbons (Fsp3) is 0.214. The highest BCUT2D eigenvalue weighted by Gasteiger charge is 2.43. The summed E-state index contributed by atoms with van der Waals surface area (Å²) in [6.07, 6.45) is 1.89. The van der Waals surface area contributed by atoms with Crippen LogP contribution in [0.15, 0.2) is 76.8 Å². The number of halogens is 1. The van der Waals surface area contributed by atoms with Gasteiger partial charge in [0, 0.05) is 38.8 Å². The number of allylic oxidation sites excluding steroid dienone is 2. The third-order valence-electron chi connectivity index (χ3n) is 6.58. The molecule has 6 heteroatoms. The van der Waals surface area contributed by atoms with Gasteiger partial charge in [-0.1, -0.05) is 53.6 Å². The first-order valence-corrected chi connectivity index (χ1v) is 12.6. The number of carbonyl (C=O) groups excluding carboxylic acids is 1. The van der Waals surface area contributed by atoms with E-state index in [1.807, 2.05) is 78.7 Å². The van der Waals surface area contributed by atoms with Crippen LogP contribution in [0.25, 0.3) is 5.76 Å². The standard InChI is InChI=1S/C28H25ClN2O2S/c1-16-8-11-18(12-9-16)27(33)26-25(23-7-4-14-34-23)24-21(5-3-6-22(24)32)31(28(26)30)19-13-10-17(2)20(29)15-19/h4,7-15,25,30,33H,3,5-6H2,1-2H3/b27-26+,30-28?. The Morgan fingerprint density at radius 2 is 1.88 bits per heavy atom. The number of anilines is 1. The number of aryl methyl sites for hydroxylation is 2. The molecule has 1 atom stereocenters. The molecule has 1 aliphatic heterocycles. The van der Waals surface area contributed by atoms with Crippen molar-refractivity contribution in [2.45, 2.75) is 39.0 Å². The molecule has 0 saturated heterocycles. The minimum absolute atomic E-state index is 0.0246. The van der Waals surface area contributed by atoms with Crippen LogP contribution in [0.2, 0.25) is 5.02 Å². The Bertz CT molecular complexity index is 1350. The molecule has 172 valence electrons. The zero-order valence-corrected chi connectivity index (χ0v) is 20.6. The first-order valence-electron chi connectivity index (χ1n) is 11.3. The second-order valence-electron chi connectivity index (χ2n) is 8.83. The SMILES string of the molecule is Cc1ccc(/C(O)=C2\C(=N)N(c3ccc(C)c(Cl)c3)C3=C(C(=O)CCC3)C2c2cccs2)cc1. The largest absolute Gasteiger partial charge is 0.507 e. The number of carbonyl (C=O) groups is 1. The molecule has 0 fully saturated rings. The van der Waals surface area contributed by atoms with Gasteiger partial charge in [-0.05, 0) is 55.8 Å². The lowest BCUT2D eigenvalue weighted by molar-refractivity contribution is -0.116. The van der Waals surface area contributed by atoms with E-state index in [1.54, 1.807) is 11.3 Å². The van der Waals surface area contributed by atoms with Gasteiger partial charge in [0.05, 0.1) is 11.5 Å². The third kappa shape index (κ3) is 3.79. The normalized spacial score (nSPS) is 20.0. The molecule has 2 N–H and O–H groups in total. The van der Waals surface area contributed by atoms with E-state index in [0.717, 1.165) is 33.8 Å². The van der Waals surface area contributed by atoms with Crippen LogP contribution in [-0.2, 0) is 4.79 Å². The summed E-state index contributed by atoms with van der Waals surface area (Å²) in [5, 5.41) is 23.5. The third-order valence-corrected chi connectivity index (χ3v) is 7.92. The maximum atomic E-state index is 13.4. The van der Waals surface area contributed by atoms with E-state index in [0.29, 0.717) is 34.6 Å². The Morgan fingerprint density at radius 1 is 1.12 bits per heavy atom. The molecular formula is C28H25ClN2O2S. The highest BCUT2D eigenvalue weighted by Crippen LogP contribution is 2.49. The summed E-state index contributed by atoms with van der Waals surface area (Å²) < 4.78 is 0. The average Bonchev–Trinajstić information content (AvgIpc) is 3.35. The van der Waals surface area contributed by atoms with Crippen molar-refractivity contribution >= 4 is 46.0 Å². The molecule has 2 aromatic carbocycles. The first kappa shape index (κ1) is 22.6. The number of amidine groups is 1. The van der Waals surface area contributed by atoms with Crippen molar-refractivity contribution in [1.29, 1.82) is 5.41 Å². The Labute approximate surface area is 208 Å². The minimum atomic E-state index is -0.478. The quantitative estimate of drug-likeness (QED) is 0.373. The molecule has 0 amide bonds. The number of thiophene rings is 1. The second kappa shape index (κ2) is 8.90. The predicted octanol–water partition coefficient (Wildman–Crippen LogP) is 7.58. The number of nitrogens with zero attached hydrogens (tertiary/aromatic N) is 1. The van der Waals surface area contributed by atoms with Gasteiger partial charge in [-0.25, -0.2) is 0 Å². The number of aliphatic hydroxyl groups excluding tert-OH is 1. The van der Waals surface area contributed by atoms with Gasteiger partial charge in [-0.2, -0.15) is 0 Å². The lowest BCUT2D eigenvalue weighted by Crippen LogP contribution is -2.42. The van der Waals surface area contributed by atoms with Crippen molar-refractivity contribution in [2.75, 3.05) is 4.90 Å². The number of hydrogen-bond donors (Lipinski definition) is 2. The zero-order valence-electron chi connectivity index (χ0n) is 19.1. The summed E-state index contributed by atoms with van der Waals surface area (Å²) in [7, 11) is 0. The van der Waals surface area contributed by atoms with Gasteiger partial charge < -0.3 is 5.11 Å². The Hall–Kier alpha value is -3.15. The summed E-state index contributed by atoms with van der Waals surface area (Å²) in [6, 6.07) is 17.2. The highest BCUT2D eigenvalue weighted by atomic mass is 35.5. The van der Waals surface area contributed by atoms with E-state index in [2.05, 4.69) is 0 Å². The summed E-state index contributed by atoms with van der Waals surface area (Å²) in [4.78, 5) is 16.2. The predicted molar refractivity (Wildman–Crippen MR) is 140 cm³/mol. The molecule has 34 heavy (non-hydrogen) atoms. The molecule has 0 bridgehead atoms. The van der Waals surface area contributed by atoms with E-state index < -0.39 is 5.92 Å². The molecule has 1 unspecified atom stereocenters. The number of nitrogens with one attached hydrogen (secondary N) is 1. The van der Waals surface area contributed by atoms with Crippen molar-refractivity contribution in [3.8, 4) is 0 Å². The van der Waals surface area contributed by atoms with Crippen molar-refractivity contribution in [1.82, 2.24) is 0 Å². The first-order chi connectivity index (χ1) is 16.4. The lowest BCUT2D eigenvalue weighted by Gasteiger charge is -2.41. The zero-order chi connectivity index (χ0) is 24.0. The Balaban J connectivity index is 1.81. The maximum absolute atomic E-state index is 13.4. The van der Waals surface area contributed by atoms with Gasteiger partial charge >= 0.3 is 0 Å². The monoisotopic (exact) mass is 488 g/mol. The topological polar surface area (TPSA) is 64.4 Å². The van der Waals surface area contributed by atoms with Crippen LogP contribution in [0.4, 0.5) is 5.69 Å². The van der Waals surface area contributed by atoms with Crippen molar-refractivity contribution in [2.24, 2.45) is 0 Å². The number of aliphatic hydroxyl groups is 1. The van der Waals surface area contributed by atoms with Gasteiger partial charge in [0.2, 0.25) is 0 Å². The molecule has 2 heterocycles. The van der Waals surface area contributed by atoms with Crippen LogP contribution in [0.5, 0.6) is 0 Å². The Morgan fingerprint density at radius 3 is 2.56 bits per heavy atom. The Kier molecular flexibility index (Phi) is 5.92. The highest BCUT2D eigenvalue weighted by molar-refractivity contribution is 7.10. The molecular weight excluding hydrogens is 464 g/mol. The molecule has 5 rings (SSSR count). The van der Waals surface area contributed by atoms with Crippen LogP contribution in [-0.4, -0.2) is 16.7 Å². The summed E-state index contributed by atoms with van der Waals surface area (Å²) in [5.74, 6) is -0.209. The van der Waals surface area contributed by atoms with Gasteiger partial charge in [-0.15, -0.1) is 11.3 Å². The molecule has 4 nitrogen and oxygen atoms in total. The van der Waals surface area contributed by atoms with Crippen LogP contribution >= 0.6 is 22.9 Å². The van der Waals surface area contributed by atoms with Crippen LogP contribution in [0.1, 0.15) is 46.7 Å². The van der Waals surface area contributed by atoms with Gasteiger partial charge in [-0.3, -0.25) is 15.1 Å². The van der Waals surface area contributed by atoms with Crippen molar-refractivity contribution < 1.29 is 9.90 Å². The minimum Gasteiger partial charge on any atom is -0.507 e. The number of rotatable bonds is 3. The lowest BCUT2D eigenvalue weighted by atomic mass is 9.76. The smallest absolute Gasteiger partial charge is 0.161 e. The molecule has 1 aromatic heterocycles. The fourth-order valence-electron chi connectivity index (χ4n) is 4.80. The molecule has 0 saturated carbocycles. The van der Waals surface area contributed by atoms with Crippen LogP contribution < -0.4 is 4.90 Å². The van der Waals surface area contributed by atoms with E-state index in [-0.39, 0.29) is 17.4 Å². The number of Topliss-reactive ketones (excluding diaryl/α,β-unsaturated/α-hetero) is 1. The fourth-order valence-corrected chi connectivity index (χ4v) is 5.82. The molecule has 0 radical (unpaired) electrons. The average molecular weight is 489 g/mol. The van der Waals surface area contributed by atoms with Gasteiger partial charge in [0.25, 0.3) is 0 Å². The summed E-state index contributed by atoms with van der Waals surface area (Å²) in [5.41, 5.74) is 5.32. The molecule has 2 aliphatic rings. The number of hydrogen-bond acceptors (Lipinski definition) is 4. The van der Waals surface area contributed by atoms with Crippen molar-refractivity contribution in [3.05, 3.63) is 103 Å². The maximum Gasteiger partial charge on any atom is 0.161 e. The summed E-state index contributed by atoms with van der Waals surface area (Å²) >= 11 is 8.01. The van der Waals surface area contributed by atoms with E-state index in [4.69, 9.17) is 11.6 Å². The van der Waals surface area contributed by atoms with E-state index >= 15 is 0 Å². The molecule has 1 aliphatic carbocycles. The van der Waals surface area contributed by atoms with E-state index in [9.17, 15) is 15.3 Å². The van der Waals surface area contributed by atoms with Crippen LogP contribution in [0, 0.1) is 19.3 Å². The number of ketones is 1. The van der Waals surface area contributed by atoms with E-state index in [1.165, 1.54) is 0 Å². The van der Waals surface area contributed by atoms with Gasteiger partial charge in [0.1, 0.15) is 11.6 Å². The molecule has 3 aromatic rings.